The molecule has 0 aromatic heterocycles. The van der Waals surface area contributed by atoms with E-state index in [4.69, 9.17) is 4.74 Å². The van der Waals surface area contributed by atoms with Gasteiger partial charge in [-0.25, -0.2) is 0 Å². The molecule has 1 unspecified atom stereocenters. The highest BCUT2D eigenvalue weighted by Gasteiger charge is 2.73. The molecule has 40 heavy (non-hydrogen) atoms. The molecule has 4 heterocycles. The third-order valence-corrected chi connectivity index (χ3v) is 10.4. The minimum atomic E-state index is -0.945. The molecule has 0 bridgehead atoms. The lowest BCUT2D eigenvalue weighted by molar-refractivity contribution is -0.144. The van der Waals surface area contributed by atoms with Crippen LogP contribution in [0.4, 0.5) is 5.69 Å². The van der Waals surface area contributed by atoms with Crippen molar-refractivity contribution in [3.8, 4) is 5.75 Å². The molecule has 8 nitrogen and oxygen atoms in total. The van der Waals surface area contributed by atoms with Crippen molar-refractivity contribution in [1.29, 1.82) is 0 Å². The van der Waals surface area contributed by atoms with Gasteiger partial charge in [-0.3, -0.25) is 14.4 Å². The maximum absolute atomic E-state index is 14.4. The summed E-state index contributed by atoms with van der Waals surface area (Å²) in [5.41, 5.74) is 1.71. The standard InChI is InChI=1S/C31H33N3O5S/c1-30-14-6-16-32(20-21-8-4-3-5-9-21)27(36)24(30)25-28(37)34(18-19-35)26-29(38)33(17-7-15-31(25,26)40-30)22-10-12-23(39-2)13-11-22/h3-15,24-26,35H,16-20H2,1-2H3/t24-,25+,26?,30+,31+/m1/s1. The summed E-state index contributed by atoms with van der Waals surface area (Å²) in [4.78, 5) is 47.9. The molecule has 3 amide bonds. The summed E-state index contributed by atoms with van der Waals surface area (Å²) in [5.74, 6) is -1.25. The number of thioether (sulfide) groups is 1. The maximum Gasteiger partial charge on any atom is 0.251 e. The molecule has 1 spiro atoms. The van der Waals surface area contributed by atoms with E-state index in [1.54, 1.807) is 35.9 Å². The van der Waals surface area contributed by atoms with E-state index in [2.05, 4.69) is 6.08 Å². The molecule has 0 aliphatic carbocycles. The van der Waals surface area contributed by atoms with Crippen LogP contribution in [-0.2, 0) is 20.9 Å². The Labute approximate surface area is 238 Å². The summed E-state index contributed by atoms with van der Waals surface area (Å²) in [6.45, 7) is 3.01. The Bertz CT molecular complexity index is 1380. The molecule has 0 saturated carbocycles. The average Bonchev–Trinajstić information content (AvgIpc) is 3.22. The second kappa shape index (κ2) is 10.1. The number of fused-ring (bicyclic) bond motifs is 2. The molecule has 5 atom stereocenters. The van der Waals surface area contributed by atoms with Crippen molar-refractivity contribution in [2.45, 2.75) is 29.0 Å². The predicted octanol–water partition coefficient (Wildman–Crippen LogP) is 2.88. The molecule has 2 aromatic carbocycles. The van der Waals surface area contributed by atoms with Crippen LogP contribution >= 0.6 is 11.8 Å². The number of aliphatic hydroxyl groups excluding tert-OH is 1. The number of ether oxygens (including phenoxy) is 1. The highest BCUT2D eigenvalue weighted by atomic mass is 32.2. The SMILES string of the molecule is COc1ccc(N2CC=C[C@]34S[C@@]5(C)C=CCN(Cc6ccccc6)C(=O)[C@H]5[C@H]3C(=O)N(CCO)C4C2=O)cc1. The smallest absolute Gasteiger partial charge is 0.251 e. The largest absolute Gasteiger partial charge is 0.497 e. The molecule has 4 aliphatic rings. The Kier molecular flexibility index (Phi) is 6.74. The van der Waals surface area contributed by atoms with Crippen molar-refractivity contribution in [3.63, 3.8) is 0 Å². The van der Waals surface area contributed by atoms with Crippen LogP contribution in [0.2, 0.25) is 0 Å². The molecule has 2 aromatic rings. The number of nitrogens with zero attached hydrogens (tertiary/aromatic N) is 3. The van der Waals surface area contributed by atoms with Gasteiger partial charge in [0.05, 0.1) is 30.3 Å². The summed E-state index contributed by atoms with van der Waals surface area (Å²) >= 11 is 1.55. The van der Waals surface area contributed by atoms with Gasteiger partial charge < -0.3 is 24.5 Å². The Balaban J connectivity index is 1.41. The van der Waals surface area contributed by atoms with E-state index in [9.17, 15) is 19.5 Å². The number of methoxy groups -OCH3 is 1. The highest BCUT2D eigenvalue weighted by molar-refractivity contribution is 8.02. The van der Waals surface area contributed by atoms with Crippen LogP contribution in [0.5, 0.6) is 5.75 Å². The summed E-state index contributed by atoms with van der Waals surface area (Å²) in [6.07, 6.45) is 8.01. The number of anilines is 1. The van der Waals surface area contributed by atoms with Crippen molar-refractivity contribution in [3.05, 3.63) is 84.5 Å². The third-order valence-electron chi connectivity index (χ3n) is 8.58. The van der Waals surface area contributed by atoms with Crippen molar-refractivity contribution in [1.82, 2.24) is 9.80 Å². The second-order valence-electron chi connectivity index (χ2n) is 10.9. The number of carbonyl (C=O) groups is 3. The zero-order chi connectivity index (χ0) is 28.1. The number of amides is 3. The number of β-amino-alcohol motifs (C(OH)–C–C–N with tert-alkyl or cyclic N) is 1. The molecule has 2 saturated heterocycles. The Hall–Kier alpha value is -3.56. The number of hydrogen-bond acceptors (Lipinski definition) is 6. The molecule has 208 valence electrons. The quantitative estimate of drug-likeness (QED) is 0.548. The van der Waals surface area contributed by atoms with Gasteiger partial charge >= 0.3 is 0 Å². The summed E-state index contributed by atoms with van der Waals surface area (Å²) in [7, 11) is 1.59. The van der Waals surface area contributed by atoms with Gasteiger partial charge in [-0.15, -0.1) is 11.8 Å². The molecule has 9 heteroatoms. The lowest BCUT2D eigenvalue weighted by Crippen LogP contribution is -2.54. The van der Waals surface area contributed by atoms with Gasteiger partial charge in [-0.2, -0.15) is 0 Å². The van der Waals surface area contributed by atoms with E-state index in [0.29, 0.717) is 31.1 Å². The zero-order valence-corrected chi connectivity index (χ0v) is 23.4. The van der Waals surface area contributed by atoms with Gasteiger partial charge in [-0.1, -0.05) is 54.6 Å². The third kappa shape index (κ3) is 4.06. The molecule has 6 rings (SSSR count). The molecular weight excluding hydrogens is 526 g/mol. The van der Waals surface area contributed by atoms with E-state index in [1.165, 1.54) is 4.90 Å². The number of likely N-dealkylation sites (tertiary alicyclic amines) is 1. The number of hydrogen-bond donors (Lipinski definition) is 1. The van der Waals surface area contributed by atoms with Crippen LogP contribution in [0.25, 0.3) is 0 Å². The fraction of sp³-hybridized carbons (Fsp3) is 0.387. The number of aliphatic hydroxyl groups is 1. The van der Waals surface area contributed by atoms with Crippen molar-refractivity contribution in [2.75, 3.05) is 38.3 Å². The Morgan fingerprint density at radius 3 is 2.35 bits per heavy atom. The normalized spacial score (nSPS) is 31.1. The minimum Gasteiger partial charge on any atom is -0.497 e. The van der Waals surface area contributed by atoms with Gasteiger partial charge in [0.25, 0.3) is 5.91 Å². The maximum atomic E-state index is 14.4. The number of benzene rings is 2. The van der Waals surface area contributed by atoms with Gasteiger partial charge in [0, 0.05) is 36.6 Å². The van der Waals surface area contributed by atoms with Crippen LogP contribution < -0.4 is 9.64 Å². The molecule has 1 N–H and O–H groups in total. The fourth-order valence-corrected chi connectivity index (χ4v) is 9.02. The monoisotopic (exact) mass is 559 g/mol. The first-order chi connectivity index (χ1) is 19.3. The number of carbonyl (C=O) groups excluding carboxylic acids is 3. The van der Waals surface area contributed by atoms with E-state index in [1.807, 2.05) is 72.5 Å². The van der Waals surface area contributed by atoms with Crippen LogP contribution in [0.15, 0.2) is 78.9 Å². The summed E-state index contributed by atoms with van der Waals surface area (Å²) < 4.78 is 3.67. The topological polar surface area (TPSA) is 90.4 Å². The first-order valence-corrected chi connectivity index (χ1v) is 14.4. The zero-order valence-electron chi connectivity index (χ0n) is 22.6. The number of rotatable bonds is 6. The van der Waals surface area contributed by atoms with E-state index >= 15 is 0 Å². The lowest BCUT2D eigenvalue weighted by Gasteiger charge is -2.36. The second-order valence-corrected chi connectivity index (χ2v) is 12.7. The molecule has 0 radical (unpaired) electrons. The summed E-state index contributed by atoms with van der Waals surface area (Å²) in [5, 5.41) is 9.94. The van der Waals surface area contributed by atoms with Gasteiger partial charge in [-0.05, 0) is 36.8 Å². The predicted molar refractivity (Wildman–Crippen MR) is 154 cm³/mol. The van der Waals surface area contributed by atoms with Crippen LogP contribution in [0.1, 0.15) is 12.5 Å². The first-order valence-electron chi connectivity index (χ1n) is 13.6. The van der Waals surface area contributed by atoms with Crippen molar-refractivity contribution >= 4 is 35.2 Å². The molecular formula is C31H33N3O5S. The van der Waals surface area contributed by atoms with Crippen LogP contribution in [-0.4, -0.2) is 81.5 Å². The van der Waals surface area contributed by atoms with E-state index < -0.39 is 27.4 Å². The minimum absolute atomic E-state index is 0.0273. The van der Waals surface area contributed by atoms with Crippen LogP contribution in [0, 0.1) is 11.8 Å². The average molecular weight is 560 g/mol. The molecule has 4 aliphatic heterocycles. The Morgan fingerprint density at radius 2 is 1.65 bits per heavy atom. The van der Waals surface area contributed by atoms with Crippen molar-refractivity contribution < 1.29 is 24.2 Å². The van der Waals surface area contributed by atoms with E-state index in [0.717, 1.165) is 5.56 Å². The molecule has 2 fully saturated rings. The van der Waals surface area contributed by atoms with Gasteiger partial charge in [0.15, 0.2) is 0 Å². The van der Waals surface area contributed by atoms with Crippen molar-refractivity contribution in [2.24, 2.45) is 11.8 Å². The highest BCUT2D eigenvalue weighted by Crippen LogP contribution is 2.65. The fourth-order valence-electron chi connectivity index (χ4n) is 6.86. The van der Waals surface area contributed by atoms with Gasteiger partial charge in [0.1, 0.15) is 11.8 Å². The Morgan fingerprint density at radius 1 is 0.925 bits per heavy atom. The first kappa shape index (κ1) is 26.7. The lowest BCUT2D eigenvalue weighted by atomic mass is 9.74. The van der Waals surface area contributed by atoms with E-state index in [-0.39, 0.29) is 30.9 Å². The van der Waals surface area contributed by atoms with Gasteiger partial charge in [0.2, 0.25) is 11.8 Å². The van der Waals surface area contributed by atoms with Crippen LogP contribution in [0.3, 0.4) is 0 Å². The summed E-state index contributed by atoms with van der Waals surface area (Å²) in [6, 6.07) is 16.2.